The summed E-state index contributed by atoms with van der Waals surface area (Å²) in [5, 5.41) is 0. The molecule has 0 unspecified atom stereocenters. The van der Waals surface area contributed by atoms with Crippen molar-refractivity contribution in [2.45, 2.75) is 50.3 Å². The molecule has 38 heavy (non-hydrogen) atoms. The van der Waals surface area contributed by atoms with Crippen molar-refractivity contribution in [2.24, 2.45) is 0 Å². The van der Waals surface area contributed by atoms with Gasteiger partial charge in [-0.1, -0.05) is 110 Å². The molecule has 4 rings (SSSR count). The molecule has 0 aliphatic carbocycles. The largest absolute Gasteiger partial charge is 0.461 e. The van der Waals surface area contributed by atoms with Gasteiger partial charge in [-0.3, -0.25) is 0 Å². The molecule has 1 aliphatic rings. The Hall–Kier alpha value is -3.48. The van der Waals surface area contributed by atoms with Gasteiger partial charge in [0.25, 0.3) is 0 Å². The second kappa shape index (κ2) is 13.9. The summed E-state index contributed by atoms with van der Waals surface area (Å²) in [5.41, 5.74) is 3.10. The SMILES string of the molecule is C=CCO[C@@]1(CC=C)OC(=C)[C@@H](OCc2ccccc2)[C@H](OCc2ccccc2)[C@H]1OCc1ccccc1. The van der Waals surface area contributed by atoms with E-state index < -0.39 is 24.1 Å². The highest BCUT2D eigenvalue weighted by Crippen LogP contribution is 2.41. The fourth-order valence-electron chi connectivity index (χ4n) is 4.53. The number of hydrogen-bond acceptors (Lipinski definition) is 5. The number of benzene rings is 3. The number of rotatable bonds is 14. The molecule has 4 atom stereocenters. The third kappa shape index (κ3) is 7.09. The highest BCUT2D eigenvalue weighted by Gasteiger charge is 2.55. The molecule has 1 heterocycles. The molecule has 1 fully saturated rings. The van der Waals surface area contributed by atoms with Gasteiger partial charge in [0.15, 0.2) is 6.10 Å². The predicted octanol–water partition coefficient (Wildman–Crippen LogP) is 6.76. The summed E-state index contributed by atoms with van der Waals surface area (Å²) < 4.78 is 32.3. The Kier molecular flexibility index (Phi) is 10.1. The van der Waals surface area contributed by atoms with Gasteiger partial charge in [0, 0.05) is 6.42 Å². The summed E-state index contributed by atoms with van der Waals surface area (Å²) in [5.74, 6) is -0.792. The van der Waals surface area contributed by atoms with E-state index in [4.69, 9.17) is 23.7 Å². The average molecular weight is 513 g/mol. The number of hydrogen-bond donors (Lipinski definition) is 0. The maximum atomic E-state index is 6.59. The summed E-state index contributed by atoms with van der Waals surface area (Å²) in [6.45, 7) is 13.3. The van der Waals surface area contributed by atoms with E-state index in [2.05, 4.69) is 19.7 Å². The zero-order chi connectivity index (χ0) is 26.6. The first-order valence-corrected chi connectivity index (χ1v) is 12.9. The molecule has 198 valence electrons. The Labute approximate surface area is 226 Å². The lowest BCUT2D eigenvalue weighted by Crippen LogP contribution is -2.63. The second-order valence-electron chi connectivity index (χ2n) is 9.17. The third-order valence-corrected chi connectivity index (χ3v) is 6.36. The maximum absolute atomic E-state index is 6.59. The van der Waals surface area contributed by atoms with E-state index in [-0.39, 0.29) is 6.61 Å². The molecule has 0 aromatic heterocycles. The summed E-state index contributed by atoms with van der Waals surface area (Å²) in [7, 11) is 0. The third-order valence-electron chi connectivity index (χ3n) is 6.36. The zero-order valence-corrected chi connectivity index (χ0v) is 21.7. The zero-order valence-electron chi connectivity index (χ0n) is 21.7. The van der Waals surface area contributed by atoms with Crippen LogP contribution in [0.2, 0.25) is 0 Å². The van der Waals surface area contributed by atoms with Gasteiger partial charge in [0.05, 0.1) is 26.4 Å². The molecule has 3 aromatic carbocycles. The lowest BCUT2D eigenvalue weighted by Gasteiger charge is -2.49. The Bertz CT molecular complexity index is 1150. The van der Waals surface area contributed by atoms with Crippen molar-refractivity contribution in [3.63, 3.8) is 0 Å². The molecule has 0 spiro atoms. The van der Waals surface area contributed by atoms with Gasteiger partial charge in [-0.15, -0.1) is 13.2 Å². The molecule has 0 bridgehead atoms. The quantitative estimate of drug-likeness (QED) is 0.223. The molecule has 0 N–H and O–H groups in total. The van der Waals surface area contributed by atoms with Crippen molar-refractivity contribution in [1.29, 1.82) is 0 Å². The Morgan fingerprint density at radius 3 is 1.68 bits per heavy atom. The van der Waals surface area contributed by atoms with Crippen LogP contribution in [0.3, 0.4) is 0 Å². The first-order valence-electron chi connectivity index (χ1n) is 12.9. The molecule has 0 radical (unpaired) electrons. The van der Waals surface area contributed by atoms with Crippen molar-refractivity contribution in [3.8, 4) is 0 Å². The van der Waals surface area contributed by atoms with E-state index in [0.29, 0.717) is 32.0 Å². The fourth-order valence-corrected chi connectivity index (χ4v) is 4.53. The topological polar surface area (TPSA) is 46.2 Å². The molecule has 1 saturated heterocycles. The lowest BCUT2D eigenvalue weighted by atomic mass is 9.91. The van der Waals surface area contributed by atoms with Crippen LogP contribution in [-0.2, 0) is 43.5 Å². The molecule has 3 aromatic rings. The first-order chi connectivity index (χ1) is 18.6. The Morgan fingerprint density at radius 2 is 1.18 bits per heavy atom. The summed E-state index contributed by atoms with van der Waals surface area (Å²) in [4.78, 5) is 0. The van der Waals surface area contributed by atoms with E-state index >= 15 is 0 Å². The Balaban J connectivity index is 1.67. The van der Waals surface area contributed by atoms with E-state index in [1.807, 2.05) is 91.0 Å². The van der Waals surface area contributed by atoms with Crippen LogP contribution in [0.15, 0.2) is 129 Å². The highest BCUT2D eigenvalue weighted by atomic mass is 16.7. The number of ether oxygens (including phenoxy) is 5. The van der Waals surface area contributed by atoms with Crippen molar-refractivity contribution in [1.82, 2.24) is 0 Å². The predicted molar refractivity (Wildman–Crippen MR) is 149 cm³/mol. The average Bonchev–Trinajstić information content (AvgIpc) is 2.96. The van der Waals surface area contributed by atoms with Gasteiger partial charge in [-0.05, 0) is 16.7 Å². The maximum Gasteiger partial charge on any atom is 0.243 e. The van der Waals surface area contributed by atoms with Crippen LogP contribution < -0.4 is 0 Å². The standard InChI is InChI=1S/C33H36O5/c1-4-21-33(37-22-5-2)32(36-25-29-19-13-8-14-20-29)31(35-24-28-17-11-7-12-18-28)30(26(3)38-33)34-23-27-15-9-6-10-16-27/h4-20,30-32H,1-3,21-25H2/t30-,31+,32-,33+/m1/s1. The molecular formula is C33H36O5. The van der Waals surface area contributed by atoms with Gasteiger partial charge < -0.3 is 23.7 Å². The molecule has 1 aliphatic heterocycles. The van der Waals surface area contributed by atoms with Crippen molar-refractivity contribution < 1.29 is 23.7 Å². The summed E-state index contributed by atoms with van der Waals surface area (Å²) in [6, 6.07) is 30.0. The van der Waals surface area contributed by atoms with Crippen LogP contribution >= 0.6 is 0 Å². The van der Waals surface area contributed by atoms with E-state index in [1.165, 1.54) is 0 Å². The summed E-state index contributed by atoms with van der Waals surface area (Å²) in [6.07, 6.45) is 1.97. The molecule has 5 heteroatoms. The van der Waals surface area contributed by atoms with Gasteiger partial charge in [-0.25, -0.2) is 0 Å². The second-order valence-corrected chi connectivity index (χ2v) is 9.17. The highest BCUT2D eigenvalue weighted by molar-refractivity contribution is 5.18. The van der Waals surface area contributed by atoms with E-state index in [1.54, 1.807) is 12.2 Å². The van der Waals surface area contributed by atoms with Crippen molar-refractivity contribution in [2.75, 3.05) is 6.61 Å². The van der Waals surface area contributed by atoms with Gasteiger partial charge in [-0.2, -0.15) is 0 Å². The van der Waals surface area contributed by atoms with Crippen molar-refractivity contribution >= 4 is 0 Å². The van der Waals surface area contributed by atoms with Gasteiger partial charge in [0.2, 0.25) is 5.79 Å². The Morgan fingerprint density at radius 1 is 0.684 bits per heavy atom. The van der Waals surface area contributed by atoms with Crippen LogP contribution in [0.5, 0.6) is 0 Å². The molecular weight excluding hydrogens is 476 g/mol. The van der Waals surface area contributed by atoms with Gasteiger partial charge in [0.1, 0.15) is 18.0 Å². The normalized spacial score (nSPS) is 22.9. The minimum absolute atomic E-state index is 0.257. The first kappa shape index (κ1) is 27.6. The minimum atomic E-state index is -1.21. The van der Waals surface area contributed by atoms with E-state index in [0.717, 1.165) is 16.7 Å². The van der Waals surface area contributed by atoms with Crippen LogP contribution in [-0.4, -0.2) is 30.7 Å². The molecule has 0 amide bonds. The monoisotopic (exact) mass is 512 g/mol. The fraction of sp³-hybridized carbons (Fsp3) is 0.273. The van der Waals surface area contributed by atoms with Crippen molar-refractivity contribution in [3.05, 3.63) is 145 Å². The molecule has 5 nitrogen and oxygen atoms in total. The van der Waals surface area contributed by atoms with Gasteiger partial charge >= 0.3 is 0 Å². The van der Waals surface area contributed by atoms with Crippen LogP contribution in [0, 0.1) is 0 Å². The summed E-state index contributed by atoms with van der Waals surface area (Å²) >= 11 is 0. The molecule has 0 saturated carbocycles. The van der Waals surface area contributed by atoms with Crippen LogP contribution in [0.1, 0.15) is 23.1 Å². The lowest BCUT2D eigenvalue weighted by molar-refractivity contribution is -0.333. The van der Waals surface area contributed by atoms with E-state index in [9.17, 15) is 0 Å². The smallest absolute Gasteiger partial charge is 0.243 e. The van der Waals surface area contributed by atoms with Crippen LogP contribution in [0.25, 0.3) is 0 Å². The minimum Gasteiger partial charge on any atom is -0.461 e. The van der Waals surface area contributed by atoms with Crippen LogP contribution in [0.4, 0.5) is 0 Å².